The maximum Gasteiger partial charge on any atom is 0.290 e. The van der Waals surface area contributed by atoms with Crippen molar-refractivity contribution in [1.82, 2.24) is 10.5 Å². The van der Waals surface area contributed by atoms with Gasteiger partial charge in [-0.15, -0.1) is 0 Å². The minimum atomic E-state index is -0.376. The molecule has 1 heterocycles. The van der Waals surface area contributed by atoms with E-state index in [0.29, 0.717) is 0 Å². The Hall–Kier alpha value is -1.65. The summed E-state index contributed by atoms with van der Waals surface area (Å²) in [5, 5.41) is 6.34. The van der Waals surface area contributed by atoms with E-state index in [1.54, 1.807) is 6.07 Å². The highest BCUT2D eigenvalue weighted by molar-refractivity contribution is 5.95. The summed E-state index contributed by atoms with van der Waals surface area (Å²) < 4.78 is 4.92. The van der Waals surface area contributed by atoms with Gasteiger partial charge >= 0.3 is 0 Å². The Bertz CT molecular complexity index is 433. The van der Waals surface area contributed by atoms with Gasteiger partial charge in [0.2, 0.25) is 5.76 Å². The molecular weight excluding hydrogens is 220 g/mol. The molecule has 0 radical (unpaired) electrons. The van der Waals surface area contributed by atoms with Crippen LogP contribution in [0.4, 0.5) is 0 Å². The van der Waals surface area contributed by atoms with Crippen LogP contribution in [0.25, 0.3) is 0 Å². The van der Waals surface area contributed by atoms with Crippen molar-refractivity contribution in [3.8, 4) is 0 Å². The first-order valence-electron chi connectivity index (χ1n) is 5.85. The molecular formula is C12H16N2O3. The molecule has 92 valence electrons. The van der Waals surface area contributed by atoms with Gasteiger partial charge in [0, 0.05) is 12.0 Å². The molecule has 0 aliphatic heterocycles. The van der Waals surface area contributed by atoms with Crippen LogP contribution in [0.3, 0.4) is 0 Å². The van der Waals surface area contributed by atoms with Crippen molar-refractivity contribution in [1.29, 1.82) is 0 Å². The number of nitrogens with zero attached hydrogens (tertiary/aromatic N) is 1. The third-order valence-electron chi connectivity index (χ3n) is 2.80. The number of carbonyl (C=O) groups excluding carboxylic acids is 2. The lowest BCUT2D eigenvalue weighted by atomic mass is 10.1. The van der Waals surface area contributed by atoms with E-state index in [2.05, 4.69) is 10.5 Å². The van der Waals surface area contributed by atoms with Gasteiger partial charge in [0.05, 0.1) is 12.2 Å². The lowest BCUT2D eigenvalue weighted by Crippen LogP contribution is -2.29. The van der Waals surface area contributed by atoms with Crippen LogP contribution in [-0.4, -0.2) is 23.4 Å². The number of Topliss-reactive ketones (excluding diaryl/α,β-unsaturated/α-hetero) is 1. The molecule has 2 rings (SSSR count). The summed E-state index contributed by atoms with van der Waals surface area (Å²) in [6.45, 7) is 4.02. The van der Waals surface area contributed by atoms with Gasteiger partial charge < -0.3 is 9.84 Å². The molecule has 0 atom stereocenters. The van der Waals surface area contributed by atoms with E-state index >= 15 is 0 Å². The zero-order valence-corrected chi connectivity index (χ0v) is 10.0. The number of nitrogens with one attached hydrogen (secondary N) is 1. The summed E-state index contributed by atoms with van der Waals surface area (Å²) in [6.07, 6.45) is 1.91. The van der Waals surface area contributed by atoms with Crippen LogP contribution in [0.1, 0.15) is 48.9 Å². The van der Waals surface area contributed by atoms with Crippen molar-refractivity contribution >= 4 is 11.7 Å². The van der Waals surface area contributed by atoms with Gasteiger partial charge in [0.15, 0.2) is 5.78 Å². The van der Waals surface area contributed by atoms with Crippen LogP contribution in [0, 0.1) is 5.92 Å². The van der Waals surface area contributed by atoms with Gasteiger partial charge in [-0.05, 0) is 18.8 Å². The molecule has 5 nitrogen and oxygen atoms in total. The molecule has 5 heteroatoms. The zero-order valence-electron chi connectivity index (χ0n) is 10.0. The van der Waals surface area contributed by atoms with E-state index in [1.807, 2.05) is 13.8 Å². The molecule has 1 aromatic heterocycles. The first kappa shape index (κ1) is 11.8. The Balaban J connectivity index is 1.87. The minimum Gasteiger partial charge on any atom is -0.351 e. The highest BCUT2D eigenvalue weighted by Gasteiger charge is 2.29. The van der Waals surface area contributed by atoms with E-state index in [-0.39, 0.29) is 35.8 Å². The minimum absolute atomic E-state index is 0.0845. The summed E-state index contributed by atoms with van der Waals surface area (Å²) >= 11 is 0. The fourth-order valence-electron chi connectivity index (χ4n) is 1.47. The van der Waals surface area contributed by atoms with Crippen molar-refractivity contribution in [3.63, 3.8) is 0 Å². The van der Waals surface area contributed by atoms with Crippen molar-refractivity contribution < 1.29 is 14.1 Å². The smallest absolute Gasteiger partial charge is 0.290 e. The topological polar surface area (TPSA) is 72.2 Å². The number of hydrogen-bond donors (Lipinski definition) is 1. The molecule has 0 aromatic carbocycles. The monoisotopic (exact) mass is 236 g/mol. The molecule has 1 aliphatic rings. The quantitative estimate of drug-likeness (QED) is 0.841. The molecule has 17 heavy (non-hydrogen) atoms. The summed E-state index contributed by atoms with van der Waals surface area (Å²) in [4.78, 5) is 23.0. The van der Waals surface area contributed by atoms with Crippen molar-refractivity contribution in [2.75, 3.05) is 6.54 Å². The Kier molecular flexibility index (Phi) is 3.26. The zero-order chi connectivity index (χ0) is 12.4. The normalized spacial score (nSPS) is 15.0. The van der Waals surface area contributed by atoms with Gasteiger partial charge in [0.25, 0.3) is 5.91 Å². The molecule has 0 bridgehead atoms. The molecule has 1 saturated carbocycles. The molecule has 0 spiro atoms. The number of aromatic nitrogens is 1. The van der Waals surface area contributed by atoms with E-state index in [9.17, 15) is 9.59 Å². The predicted molar refractivity (Wildman–Crippen MR) is 60.7 cm³/mol. The first-order chi connectivity index (χ1) is 8.08. The Morgan fingerprint density at radius 3 is 2.76 bits per heavy atom. The van der Waals surface area contributed by atoms with E-state index in [0.717, 1.165) is 18.5 Å². The van der Waals surface area contributed by atoms with Crippen LogP contribution >= 0.6 is 0 Å². The van der Waals surface area contributed by atoms with Crippen LogP contribution in [-0.2, 0) is 4.79 Å². The summed E-state index contributed by atoms with van der Waals surface area (Å²) in [7, 11) is 0. The number of amides is 1. The van der Waals surface area contributed by atoms with E-state index in [4.69, 9.17) is 4.52 Å². The molecule has 0 saturated heterocycles. The first-order valence-corrected chi connectivity index (χ1v) is 5.85. The fourth-order valence-corrected chi connectivity index (χ4v) is 1.47. The summed E-state index contributed by atoms with van der Waals surface area (Å²) in [6, 6.07) is 1.61. The van der Waals surface area contributed by atoms with Crippen molar-refractivity contribution in [2.45, 2.75) is 32.6 Å². The van der Waals surface area contributed by atoms with E-state index < -0.39 is 0 Å². The van der Waals surface area contributed by atoms with Gasteiger partial charge in [-0.2, -0.15) is 0 Å². The third kappa shape index (κ3) is 2.93. The maximum atomic E-state index is 11.6. The molecule has 1 fully saturated rings. The molecule has 1 aliphatic carbocycles. The van der Waals surface area contributed by atoms with Crippen LogP contribution in [0.15, 0.2) is 10.6 Å². The average molecular weight is 236 g/mol. The SMILES string of the molecule is CC(C)c1cc(C(=O)NCC(=O)C2CC2)on1. The number of ketones is 1. The standard InChI is InChI=1S/C12H16N2O3/c1-7(2)9-5-11(17-14-9)12(16)13-6-10(15)8-3-4-8/h5,7-8H,3-4,6H2,1-2H3,(H,13,16). The van der Waals surface area contributed by atoms with Crippen LogP contribution in [0.5, 0.6) is 0 Å². The Morgan fingerprint density at radius 1 is 1.53 bits per heavy atom. The van der Waals surface area contributed by atoms with Gasteiger partial charge in [0.1, 0.15) is 0 Å². The molecule has 1 N–H and O–H groups in total. The lowest BCUT2D eigenvalue weighted by molar-refractivity contribution is -0.119. The second kappa shape index (κ2) is 4.69. The largest absolute Gasteiger partial charge is 0.351 e. The average Bonchev–Trinajstić information content (AvgIpc) is 3.02. The van der Waals surface area contributed by atoms with Gasteiger partial charge in [-0.1, -0.05) is 19.0 Å². The highest BCUT2D eigenvalue weighted by Crippen LogP contribution is 2.29. The van der Waals surface area contributed by atoms with Crippen LogP contribution < -0.4 is 5.32 Å². The Labute approximate surface area is 99.5 Å². The third-order valence-corrected chi connectivity index (χ3v) is 2.80. The highest BCUT2D eigenvalue weighted by atomic mass is 16.5. The lowest BCUT2D eigenvalue weighted by Gasteiger charge is -2.00. The second-order valence-electron chi connectivity index (χ2n) is 4.69. The Morgan fingerprint density at radius 2 is 2.24 bits per heavy atom. The van der Waals surface area contributed by atoms with Gasteiger partial charge in [-0.3, -0.25) is 9.59 Å². The molecule has 1 amide bonds. The van der Waals surface area contributed by atoms with Gasteiger partial charge in [-0.25, -0.2) is 0 Å². The maximum absolute atomic E-state index is 11.6. The summed E-state index contributed by atoms with van der Waals surface area (Å²) in [5.41, 5.74) is 0.740. The van der Waals surface area contributed by atoms with E-state index in [1.165, 1.54) is 0 Å². The van der Waals surface area contributed by atoms with Crippen molar-refractivity contribution in [2.24, 2.45) is 5.92 Å². The van der Waals surface area contributed by atoms with Crippen LogP contribution in [0.2, 0.25) is 0 Å². The number of carbonyl (C=O) groups is 2. The fraction of sp³-hybridized carbons (Fsp3) is 0.583. The molecule has 1 aromatic rings. The second-order valence-corrected chi connectivity index (χ2v) is 4.69. The predicted octanol–water partition coefficient (Wildman–Crippen LogP) is 1.51. The number of hydrogen-bond acceptors (Lipinski definition) is 4. The molecule has 0 unspecified atom stereocenters. The summed E-state index contributed by atoms with van der Waals surface area (Å²) in [5.74, 6) is 0.266. The number of rotatable bonds is 5. The van der Waals surface area contributed by atoms with Crippen molar-refractivity contribution in [3.05, 3.63) is 17.5 Å².